The van der Waals surface area contributed by atoms with Gasteiger partial charge in [-0.3, -0.25) is 0 Å². The van der Waals surface area contributed by atoms with Crippen LogP contribution in [-0.4, -0.2) is 15.2 Å². The number of hydrogen-bond donors (Lipinski definition) is 2. The number of halogens is 6. The monoisotopic (exact) mass is 479 g/mol. The van der Waals surface area contributed by atoms with Gasteiger partial charge in [0.1, 0.15) is 5.82 Å². The van der Waals surface area contributed by atoms with Crippen LogP contribution in [0.4, 0.5) is 32.0 Å². The van der Waals surface area contributed by atoms with Crippen LogP contribution in [0.25, 0.3) is 22.8 Å². The predicted molar refractivity (Wildman–Crippen MR) is 110 cm³/mol. The molecule has 0 saturated carbocycles. The maximum Gasteiger partial charge on any atom is 0.419 e. The number of aromatic hydroxyl groups is 1. The molecule has 34 heavy (non-hydrogen) atoms. The van der Waals surface area contributed by atoms with Gasteiger partial charge < -0.3 is 14.9 Å². The lowest BCUT2D eigenvalue weighted by atomic mass is 10.1. The third-order valence-corrected chi connectivity index (χ3v) is 5.04. The van der Waals surface area contributed by atoms with Crippen molar-refractivity contribution in [3.63, 3.8) is 0 Å². The Labute approximate surface area is 188 Å². The summed E-state index contributed by atoms with van der Waals surface area (Å²) in [6.07, 6.45) is -4.78. The standard InChI is InChI=1S/C23H15F6N3O2/c1-11-2-4-13(21-31-22(34-32-21)14-5-7-18(33)20(26)19(14)25)9-17(11)30-10-12-3-6-15(16(24)8-12)23(27,28)29/h2-9,30,33H,10H2,1H3. The SMILES string of the molecule is Cc1ccc(-c2noc(-c3ccc(O)c(F)c3F)n2)cc1NCc1ccc(C(F)(F)F)c(F)c1. The summed E-state index contributed by atoms with van der Waals surface area (Å²) in [5.41, 5.74) is 0.400. The molecule has 3 aromatic carbocycles. The van der Waals surface area contributed by atoms with Crippen LogP contribution >= 0.6 is 0 Å². The van der Waals surface area contributed by atoms with Gasteiger partial charge in [0.25, 0.3) is 5.89 Å². The summed E-state index contributed by atoms with van der Waals surface area (Å²) < 4.78 is 84.8. The molecule has 0 atom stereocenters. The topological polar surface area (TPSA) is 71.2 Å². The summed E-state index contributed by atoms with van der Waals surface area (Å²) in [5.74, 6) is -5.25. The fourth-order valence-corrected chi connectivity index (χ4v) is 3.20. The Hall–Kier alpha value is -4.02. The number of phenolic OH excluding ortho intramolecular Hbond substituents is 1. The highest BCUT2D eigenvalue weighted by molar-refractivity contribution is 5.67. The number of rotatable bonds is 5. The second kappa shape index (κ2) is 8.73. The van der Waals surface area contributed by atoms with Crippen molar-refractivity contribution in [3.8, 4) is 28.6 Å². The van der Waals surface area contributed by atoms with Crippen LogP contribution in [-0.2, 0) is 12.7 Å². The van der Waals surface area contributed by atoms with E-state index in [2.05, 4.69) is 15.5 Å². The maximum atomic E-state index is 14.1. The molecule has 5 nitrogen and oxygen atoms in total. The zero-order valence-electron chi connectivity index (χ0n) is 17.3. The van der Waals surface area contributed by atoms with Crippen molar-refractivity contribution in [2.45, 2.75) is 19.6 Å². The Morgan fingerprint density at radius 3 is 2.44 bits per heavy atom. The van der Waals surface area contributed by atoms with Gasteiger partial charge in [-0.2, -0.15) is 22.5 Å². The van der Waals surface area contributed by atoms with Gasteiger partial charge in [0.15, 0.2) is 11.6 Å². The van der Waals surface area contributed by atoms with E-state index in [0.29, 0.717) is 22.9 Å². The molecule has 11 heteroatoms. The average molecular weight is 479 g/mol. The van der Waals surface area contributed by atoms with Crippen LogP contribution in [0.2, 0.25) is 0 Å². The number of phenols is 1. The number of aromatic nitrogens is 2. The van der Waals surface area contributed by atoms with Crippen molar-refractivity contribution in [2.24, 2.45) is 0 Å². The predicted octanol–water partition coefficient (Wildman–Crippen LogP) is 6.47. The molecule has 2 N–H and O–H groups in total. The summed E-state index contributed by atoms with van der Waals surface area (Å²) in [5, 5.41) is 16.0. The van der Waals surface area contributed by atoms with Crippen molar-refractivity contribution in [3.05, 3.63) is 82.7 Å². The molecule has 176 valence electrons. The Morgan fingerprint density at radius 2 is 1.74 bits per heavy atom. The largest absolute Gasteiger partial charge is 0.505 e. The van der Waals surface area contributed by atoms with Gasteiger partial charge >= 0.3 is 6.18 Å². The van der Waals surface area contributed by atoms with Crippen LogP contribution < -0.4 is 5.32 Å². The first-order chi connectivity index (χ1) is 16.0. The minimum Gasteiger partial charge on any atom is -0.505 e. The van der Waals surface area contributed by atoms with Crippen molar-refractivity contribution in [1.29, 1.82) is 0 Å². The molecule has 0 spiro atoms. The van der Waals surface area contributed by atoms with E-state index in [4.69, 9.17) is 4.52 Å². The minimum atomic E-state index is -4.78. The molecule has 4 rings (SSSR count). The summed E-state index contributed by atoms with van der Waals surface area (Å²) in [4.78, 5) is 4.07. The number of benzene rings is 3. The van der Waals surface area contributed by atoms with Crippen LogP contribution in [0.1, 0.15) is 16.7 Å². The van der Waals surface area contributed by atoms with Gasteiger partial charge in [0.2, 0.25) is 11.6 Å². The molecule has 4 aromatic rings. The van der Waals surface area contributed by atoms with Gasteiger partial charge in [-0.05, 0) is 48.4 Å². The molecule has 1 aromatic heterocycles. The van der Waals surface area contributed by atoms with Crippen molar-refractivity contribution in [2.75, 3.05) is 5.32 Å². The molecule has 0 bridgehead atoms. The Morgan fingerprint density at radius 1 is 0.971 bits per heavy atom. The van der Waals surface area contributed by atoms with Gasteiger partial charge in [-0.25, -0.2) is 8.78 Å². The number of nitrogens with one attached hydrogen (secondary N) is 1. The number of alkyl halides is 3. The lowest BCUT2D eigenvalue weighted by Crippen LogP contribution is -2.09. The molecule has 0 aliphatic carbocycles. The first-order valence-corrected chi connectivity index (χ1v) is 9.76. The normalized spacial score (nSPS) is 11.6. The van der Waals surface area contributed by atoms with Crippen LogP contribution in [0.5, 0.6) is 5.75 Å². The first-order valence-electron chi connectivity index (χ1n) is 9.76. The van der Waals surface area contributed by atoms with E-state index in [-0.39, 0.29) is 23.8 Å². The minimum absolute atomic E-state index is 0.0365. The zero-order chi connectivity index (χ0) is 24.6. The third kappa shape index (κ3) is 4.54. The summed E-state index contributed by atoms with van der Waals surface area (Å²) >= 11 is 0. The van der Waals surface area contributed by atoms with Crippen molar-refractivity contribution < 1.29 is 36.0 Å². The van der Waals surface area contributed by atoms with Crippen molar-refractivity contribution in [1.82, 2.24) is 10.1 Å². The fraction of sp³-hybridized carbons (Fsp3) is 0.130. The molecule has 0 radical (unpaired) electrons. The molecule has 0 saturated heterocycles. The fourth-order valence-electron chi connectivity index (χ4n) is 3.20. The zero-order valence-corrected chi connectivity index (χ0v) is 17.3. The Bertz CT molecular complexity index is 1370. The maximum absolute atomic E-state index is 14.1. The molecule has 0 aliphatic rings. The highest BCUT2D eigenvalue weighted by Crippen LogP contribution is 2.33. The number of aryl methyl sites for hydroxylation is 1. The smallest absolute Gasteiger partial charge is 0.419 e. The van der Waals surface area contributed by atoms with E-state index in [1.54, 1.807) is 25.1 Å². The number of hydrogen-bond acceptors (Lipinski definition) is 5. The molecule has 0 fully saturated rings. The van der Waals surface area contributed by atoms with Crippen LogP contribution in [0.15, 0.2) is 53.1 Å². The van der Waals surface area contributed by atoms with E-state index >= 15 is 0 Å². The third-order valence-electron chi connectivity index (χ3n) is 5.04. The van der Waals surface area contributed by atoms with Gasteiger partial charge in [-0.1, -0.05) is 23.4 Å². The van der Waals surface area contributed by atoms with E-state index in [1.807, 2.05) is 0 Å². The molecule has 0 aliphatic heterocycles. The van der Waals surface area contributed by atoms with E-state index in [1.165, 1.54) is 6.07 Å². The van der Waals surface area contributed by atoms with Crippen molar-refractivity contribution >= 4 is 5.69 Å². The van der Waals surface area contributed by atoms with E-state index < -0.39 is 34.9 Å². The highest BCUT2D eigenvalue weighted by atomic mass is 19.4. The summed E-state index contributed by atoms with van der Waals surface area (Å²) in [6, 6.07) is 9.70. The van der Waals surface area contributed by atoms with Gasteiger partial charge in [-0.15, -0.1) is 0 Å². The average Bonchev–Trinajstić information content (AvgIpc) is 3.26. The summed E-state index contributed by atoms with van der Waals surface area (Å²) in [7, 11) is 0. The van der Waals surface area contributed by atoms with Gasteiger partial charge in [0, 0.05) is 17.8 Å². The molecular formula is C23H15F6N3O2. The first kappa shape index (κ1) is 23.1. The lowest BCUT2D eigenvalue weighted by Gasteiger charge is -2.12. The summed E-state index contributed by atoms with van der Waals surface area (Å²) in [6.45, 7) is 1.81. The van der Waals surface area contributed by atoms with E-state index in [9.17, 15) is 31.4 Å². The molecular weight excluding hydrogens is 464 g/mol. The number of nitrogens with zero attached hydrogens (tertiary/aromatic N) is 2. The number of anilines is 1. The quantitative estimate of drug-likeness (QED) is 0.321. The second-order valence-corrected chi connectivity index (χ2v) is 7.38. The lowest BCUT2D eigenvalue weighted by molar-refractivity contribution is -0.140. The molecule has 0 unspecified atom stereocenters. The molecule has 0 amide bonds. The van der Waals surface area contributed by atoms with Crippen LogP contribution in [0, 0.1) is 24.4 Å². The van der Waals surface area contributed by atoms with Gasteiger partial charge in [0.05, 0.1) is 11.1 Å². The van der Waals surface area contributed by atoms with E-state index in [0.717, 1.165) is 23.8 Å². The Balaban J connectivity index is 1.56. The molecule has 1 heterocycles. The Kier molecular flexibility index (Phi) is 5.94. The van der Waals surface area contributed by atoms with Crippen LogP contribution in [0.3, 0.4) is 0 Å². The highest BCUT2D eigenvalue weighted by Gasteiger charge is 2.33. The second-order valence-electron chi connectivity index (χ2n) is 7.38.